The molecule has 200 valence electrons. The minimum Gasteiger partial charge on any atom is -0.462 e. The molecule has 0 heterocycles. The molecule has 6 heteroatoms. The number of Topliss-reactive ketones (excluding diaryl/α,β-unsaturated/α-hetero) is 2. The molecule has 0 bridgehead atoms. The average molecular weight is 509 g/mol. The van der Waals surface area contributed by atoms with Crippen molar-refractivity contribution in [2.24, 2.45) is 46.3 Å². The predicted molar refractivity (Wildman–Crippen MR) is 136 cm³/mol. The molecule has 6 rings (SSSR count). The minimum absolute atomic E-state index is 0.0106. The molecule has 6 aliphatic carbocycles. The third kappa shape index (κ3) is 3.71. The van der Waals surface area contributed by atoms with Gasteiger partial charge in [-0.05, 0) is 78.6 Å². The second kappa shape index (κ2) is 8.64. The van der Waals surface area contributed by atoms with E-state index in [4.69, 9.17) is 9.47 Å². The Hall–Kier alpha value is -2.24. The van der Waals surface area contributed by atoms with Gasteiger partial charge in [0.05, 0.1) is 0 Å². The maximum absolute atomic E-state index is 13.3. The second-order valence-electron chi connectivity index (χ2n) is 13.2. The van der Waals surface area contributed by atoms with Crippen LogP contribution in [-0.4, -0.2) is 29.6 Å². The number of hydrogen-bond donors (Lipinski definition) is 0. The second-order valence-corrected chi connectivity index (χ2v) is 13.2. The normalized spacial score (nSPS) is 44.5. The lowest BCUT2D eigenvalue weighted by Gasteiger charge is -2.57. The third-order valence-corrected chi connectivity index (χ3v) is 11.5. The standard InChI is InChI=1S/C31H40O6/c1-16(32)36-19-9-11-30(3)18(13-19)5-6-20-23(30)10-12-31(4)24(20)14-22-28-21(25(34)7-8-26(28)35)15-27(29(22)31)37-17(2)33/h5,19-24,28H,6-15H2,1-4H3/t19-,20+,21-,22-,23-,24-,28+,30-,31-/m0/s1. The number of rotatable bonds is 2. The van der Waals surface area contributed by atoms with Gasteiger partial charge in [0.25, 0.3) is 0 Å². The predicted octanol–water partition coefficient (Wildman–Crippen LogP) is 5.49. The van der Waals surface area contributed by atoms with E-state index in [1.807, 2.05) is 0 Å². The Balaban J connectivity index is 1.36. The first-order valence-electron chi connectivity index (χ1n) is 14.4. The van der Waals surface area contributed by atoms with E-state index in [1.165, 1.54) is 25.0 Å². The number of fused-ring (bicyclic) bond motifs is 9. The van der Waals surface area contributed by atoms with Crippen molar-refractivity contribution >= 4 is 23.5 Å². The van der Waals surface area contributed by atoms with Gasteiger partial charge in [0.2, 0.25) is 0 Å². The molecule has 0 unspecified atom stereocenters. The van der Waals surface area contributed by atoms with Gasteiger partial charge in [-0.2, -0.15) is 0 Å². The van der Waals surface area contributed by atoms with E-state index in [2.05, 4.69) is 19.9 Å². The van der Waals surface area contributed by atoms with Crippen LogP contribution in [0.25, 0.3) is 0 Å². The fraction of sp³-hybridized carbons (Fsp3) is 0.742. The van der Waals surface area contributed by atoms with E-state index in [9.17, 15) is 19.2 Å². The number of carbonyl (C=O) groups excluding carboxylic acids is 4. The number of allylic oxidation sites excluding steroid dienone is 3. The molecule has 0 aromatic rings. The van der Waals surface area contributed by atoms with E-state index < -0.39 is 0 Å². The van der Waals surface area contributed by atoms with Crippen LogP contribution in [0.1, 0.15) is 91.9 Å². The maximum atomic E-state index is 13.3. The molecular weight excluding hydrogens is 468 g/mol. The molecule has 6 nitrogen and oxygen atoms in total. The molecule has 0 amide bonds. The van der Waals surface area contributed by atoms with E-state index in [0.717, 1.165) is 44.9 Å². The summed E-state index contributed by atoms with van der Waals surface area (Å²) in [4.78, 5) is 49.9. The maximum Gasteiger partial charge on any atom is 0.307 e. The van der Waals surface area contributed by atoms with Crippen molar-refractivity contribution < 1.29 is 28.7 Å². The van der Waals surface area contributed by atoms with Crippen LogP contribution in [0.3, 0.4) is 0 Å². The molecule has 0 spiro atoms. The van der Waals surface area contributed by atoms with Crippen LogP contribution < -0.4 is 0 Å². The largest absolute Gasteiger partial charge is 0.462 e. The van der Waals surface area contributed by atoms with Gasteiger partial charge in [-0.3, -0.25) is 19.2 Å². The first-order valence-corrected chi connectivity index (χ1v) is 14.4. The highest BCUT2D eigenvalue weighted by Crippen LogP contribution is 2.70. The van der Waals surface area contributed by atoms with E-state index in [-0.39, 0.29) is 58.2 Å². The highest BCUT2D eigenvalue weighted by molar-refractivity contribution is 5.97. The SMILES string of the molecule is CC(=O)OC1=C2[C@@H](C[C@H]3[C@@H]4CC=C5C[C@@H](OC(C)=O)CC[C@]5(C)[C@H]4CC[C@]23C)[C@@H]2C(=O)CCC(=O)[C@@H]2C1. The fourth-order valence-corrected chi connectivity index (χ4v) is 10.1. The Bertz CT molecular complexity index is 1130. The lowest BCUT2D eigenvalue weighted by atomic mass is 9.47. The van der Waals surface area contributed by atoms with Gasteiger partial charge in [-0.1, -0.05) is 25.5 Å². The zero-order valence-corrected chi connectivity index (χ0v) is 22.6. The highest BCUT2D eigenvalue weighted by Gasteiger charge is 2.64. The first kappa shape index (κ1) is 25.1. The Morgan fingerprint density at radius 1 is 0.892 bits per heavy atom. The smallest absolute Gasteiger partial charge is 0.307 e. The summed E-state index contributed by atoms with van der Waals surface area (Å²) in [6.07, 6.45) is 10.3. The average Bonchev–Trinajstić information content (AvgIpc) is 3.14. The highest BCUT2D eigenvalue weighted by atomic mass is 16.5. The molecule has 0 radical (unpaired) electrons. The summed E-state index contributed by atoms with van der Waals surface area (Å²) in [6.45, 7) is 7.71. The topological polar surface area (TPSA) is 86.7 Å². The summed E-state index contributed by atoms with van der Waals surface area (Å²) in [6, 6.07) is 0. The van der Waals surface area contributed by atoms with Crippen molar-refractivity contribution in [2.75, 3.05) is 0 Å². The third-order valence-electron chi connectivity index (χ3n) is 11.5. The van der Waals surface area contributed by atoms with Crippen LogP contribution in [0.5, 0.6) is 0 Å². The molecule has 0 N–H and O–H groups in total. The van der Waals surface area contributed by atoms with Gasteiger partial charge in [0, 0.05) is 51.4 Å². The number of hydrogen-bond acceptors (Lipinski definition) is 6. The Labute approximate surface area is 219 Å². The zero-order valence-electron chi connectivity index (χ0n) is 22.6. The van der Waals surface area contributed by atoms with Crippen molar-refractivity contribution in [1.29, 1.82) is 0 Å². The lowest BCUT2D eigenvalue weighted by Crippen LogP contribution is -2.50. The Kier molecular flexibility index (Phi) is 5.85. The van der Waals surface area contributed by atoms with Crippen LogP contribution in [-0.2, 0) is 28.7 Å². The molecule has 9 atom stereocenters. The van der Waals surface area contributed by atoms with Crippen LogP contribution in [0.15, 0.2) is 23.0 Å². The summed E-state index contributed by atoms with van der Waals surface area (Å²) in [5.41, 5.74) is 2.65. The number of esters is 2. The Morgan fingerprint density at radius 3 is 2.35 bits per heavy atom. The minimum atomic E-state index is -0.337. The summed E-state index contributed by atoms with van der Waals surface area (Å²) in [5, 5.41) is 0. The van der Waals surface area contributed by atoms with Crippen LogP contribution in [0, 0.1) is 46.3 Å². The molecule has 4 fully saturated rings. The molecular formula is C31H40O6. The van der Waals surface area contributed by atoms with Crippen molar-refractivity contribution in [3.63, 3.8) is 0 Å². The van der Waals surface area contributed by atoms with Crippen LogP contribution in [0.2, 0.25) is 0 Å². The van der Waals surface area contributed by atoms with Crippen molar-refractivity contribution in [1.82, 2.24) is 0 Å². The summed E-state index contributed by atoms with van der Waals surface area (Å²) in [7, 11) is 0. The van der Waals surface area contributed by atoms with Crippen LogP contribution in [0.4, 0.5) is 0 Å². The molecule has 4 saturated carbocycles. The van der Waals surface area contributed by atoms with Gasteiger partial charge >= 0.3 is 11.9 Å². The zero-order chi connectivity index (χ0) is 26.3. The quantitative estimate of drug-likeness (QED) is 0.362. The molecule has 0 aliphatic heterocycles. The van der Waals surface area contributed by atoms with Gasteiger partial charge in [-0.15, -0.1) is 0 Å². The molecule has 0 aromatic carbocycles. The molecule has 0 saturated heterocycles. The van der Waals surface area contributed by atoms with Crippen molar-refractivity contribution in [3.8, 4) is 0 Å². The van der Waals surface area contributed by atoms with Gasteiger partial charge < -0.3 is 9.47 Å². The summed E-state index contributed by atoms with van der Waals surface area (Å²) in [5.74, 6) is 1.44. The van der Waals surface area contributed by atoms with E-state index in [1.54, 1.807) is 0 Å². The molecule has 37 heavy (non-hydrogen) atoms. The Morgan fingerprint density at radius 2 is 1.62 bits per heavy atom. The summed E-state index contributed by atoms with van der Waals surface area (Å²) >= 11 is 0. The lowest BCUT2D eigenvalue weighted by molar-refractivity contribution is -0.148. The number of carbonyl (C=O) groups is 4. The van der Waals surface area contributed by atoms with Gasteiger partial charge in [0.15, 0.2) is 0 Å². The molecule has 0 aromatic heterocycles. The first-order chi connectivity index (χ1) is 17.5. The van der Waals surface area contributed by atoms with Crippen molar-refractivity contribution in [3.05, 3.63) is 23.0 Å². The van der Waals surface area contributed by atoms with Crippen LogP contribution >= 0.6 is 0 Å². The monoisotopic (exact) mass is 508 g/mol. The van der Waals surface area contributed by atoms with E-state index >= 15 is 0 Å². The number of ether oxygens (including phenoxy) is 2. The van der Waals surface area contributed by atoms with Crippen molar-refractivity contribution in [2.45, 2.75) is 98.0 Å². The van der Waals surface area contributed by atoms with E-state index in [0.29, 0.717) is 42.8 Å². The molecule has 6 aliphatic rings. The number of ketones is 2. The fourth-order valence-electron chi connectivity index (χ4n) is 10.1. The summed E-state index contributed by atoms with van der Waals surface area (Å²) < 4.78 is 11.5. The van der Waals surface area contributed by atoms with Gasteiger partial charge in [-0.25, -0.2) is 0 Å². The van der Waals surface area contributed by atoms with Gasteiger partial charge in [0.1, 0.15) is 23.4 Å².